The molecule has 0 unspecified atom stereocenters. The Labute approximate surface area is 115 Å². The first-order valence-corrected chi connectivity index (χ1v) is 6.94. The summed E-state index contributed by atoms with van der Waals surface area (Å²) in [5.41, 5.74) is 0. The van der Waals surface area contributed by atoms with E-state index in [1.807, 2.05) is 11.9 Å². The Kier molecular flexibility index (Phi) is 6.32. The van der Waals surface area contributed by atoms with Crippen molar-refractivity contribution in [2.75, 3.05) is 30.4 Å². The van der Waals surface area contributed by atoms with Crippen molar-refractivity contribution >= 4 is 11.9 Å². The second-order valence-corrected chi connectivity index (χ2v) is 4.72. The highest BCUT2D eigenvalue weighted by atomic mass is 16.5. The number of aromatic nitrogens is 3. The van der Waals surface area contributed by atoms with E-state index in [9.17, 15) is 0 Å². The lowest BCUT2D eigenvalue weighted by Crippen LogP contribution is -2.28. The van der Waals surface area contributed by atoms with Crippen LogP contribution in [0.25, 0.3) is 0 Å². The fourth-order valence-corrected chi connectivity index (χ4v) is 1.31. The van der Waals surface area contributed by atoms with Crippen LogP contribution in [0.2, 0.25) is 0 Å². The molecule has 0 aromatic carbocycles. The summed E-state index contributed by atoms with van der Waals surface area (Å²) in [4.78, 5) is 15.0. The third-order valence-electron chi connectivity index (χ3n) is 2.66. The highest BCUT2D eigenvalue weighted by Crippen LogP contribution is 2.15. The van der Waals surface area contributed by atoms with Crippen LogP contribution in [0.4, 0.5) is 11.9 Å². The molecule has 0 aliphatic carbocycles. The molecule has 0 saturated heterocycles. The summed E-state index contributed by atoms with van der Waals surface area (Å²) in [7, 11) is 1.97. The molecule has 19 heavy (non-hydrogen) atoms. The maximum atomic E-state index is 5.52. The molecule has 0 fully saturated rings. The average Bonchev–Trinajstić information content (AvgIpc) is 2.41. The van der Waals surface area contributed by atoms with Crippen molar-refractivity contribution in [3.63, 3.8) is 0 Å². The van der Waals surface area contributed by atoms with E-state index in [0.717, 1.165) is 19.4 Å². The number of rotatable bonds is 8. The van der Waals surface area contributed by atoms with Gasteiger partial charge in [-0.1, -0.05) is 13.8 Å². The van der Waals surface area contributed by atoms with Gasteiger partial charge in [0.2, 0.25) is 11.9 Å². The Morgan fingerprint density at radius 1 is 1.16 bits per heavy atom. The molecule has 0 spiro atoms. The monoisotopic (exact) mass is 267 g/mol. The largest absolute Gasteiger partial charge is 0.463 e. The Hall–Kier alpha value is -1.59. The van der Waals surface area contributed by atoms with Gasteiger partial charge in [-0.3, -0.25) is 0 Å². The number of hydrogen-bond acceptors (Lipinski definition) is 6. The summed E-state index contributed by atoms with van der Waals surface area (Å²) in [5.74, 6) is 1.21. The second-order valence-electron chi connectivity index (χ2n) is 4.72. The first-order chi connectivity index (χ1) is 9.08. The molecule has 1 aromatic rings. The Morgan fingerprint density at radius 3 is 2.47 bits per heavy atom. The van der Waals surface area contributed by atoms with Gasteiger partial charge in [-0.15, -0.1) is 0 Å². The van der Waals surface area contributed by atoms with Crippen LogP contribution in [0, 0.1) is 0 Å². The SMILES string of the molecule is CCCNc1nc(OCCC)nc(N(C)C(C)C)n1. The van der Waals surface area contributed by atoms with Crippen LogP contribution in [0.1, 0.15) is 40.5 Å². The van der Waals surface area contributed by atoms with Gasteiger partial charge in [0, 0.05) is 19.6 Å². The van der Waals surface area contributed by atoms with Gasteiger partial charge in [0.1, 0.15) is 0 Å². The van der Waals surface area contributed by atoms with Gasteiger partial charge in [0.15, 0.2) is 0 Å². The summed E-state index contributed by atoms with van der Waals surface area (Å²) in [6.07, 6.45) is 1.95. The molecule has 6 heteroatoms. The predicted molar refractivity (Wildman–Crippen MR) is 77.9 cm³/mol. The van der Waals surface area contributed by atoms with Crippen molar-refractivity contribution in [1.82, 2.24) is 15.0 Å². The van der Waals surface area contributed by atoms with E-state index < -0.39 is 0 Å². The quantitative estimate of drug-likeness (QED) is 0.780. The number of ether oxygens (including phenoxy) is 1. The topological polar surface area (TPSA) is 63.2 Å². The number of hydrogen-bond donors (Lipinski definition) is 1. The second kappa shape index (κ2) is 7.76. The minimum absolute atomic E-state index is 0.320. The lowest BCUT2D eigenvalue weighted by molar-refractivity contribution is 0.291. The fourth-order valence-electron chi connectivity index (χ4n) is 1.31. The van der Waals surface area contributed by atoms with Crippen molar-refractivity contribution in [2.45, 2.75) is 46.6 Å². The van der Waals surface area contributed by atoms with Crippen LogP contribution in [0.3, 0.4) is 0 Å². The van der Waals surface area contributed by atoms with Crippen LogP contribution in [-0.2, 0) is 0 Å². The highest BCUT2D eigenvalue weighted by Gasteiger charge is 2.13. The van der Waals surface area contributed by atoms with Gasteiger partial charge >= 0.3 is 6.01 Å². The molecular weight excluding hydrogens is 242 g/mol. The van der Waals surface area contributed by atoms with Gasteiger partial charge in [-0.2, -0.15) is 15.0 Å². The summed E-state index contributed by atoms with van der Waals surface area (Å²) >= 11 is 0. The zero-order valence-electron chi connectivity index (χ0n) is 12.6. The van der Waals surface area contributed by atoms with E-state index in [1.165, 1.54) is 0 Å². The van der Waals surface area contributed by atoms with Crippen molar-refractivity contribution in [2.24, 2.45) is 0 Å². The summed E-state index contributed by atoms with van der Waals surface area (Å²) in [5, 5.41) is 3.18. The molecule has 0 aliphatic heterocycles. The van der Waals surface area contributed by atoms with Gasteiger partial charge in [0.25, 0.3) is 0 Å². The summed E-state index contributed by atoms with van der Waals surface area (Å²) < 4.78 is 5.52. The third-order valence-corrected chi connectivity index (χ3v) is 2.66. The molecule has 1 N–H and O–H groups in total. The first kappa shape index (κ1) is 15.5. The molecule has 0 saturated carbocycles. The van der Waals surface area contributed by atoms with Crippen LogP contribution >= 0.6 is 0 Å². The predicted octanol–water partition coefficient (Wildman–Crippen LogP) is 2.33. The van der Waals surface area contributed by atoms with Crippen molar-refractivity contribution < 1.29 is 4.74 Å². The van der Waals surface area contributed by atoms with Crippen molar-refractivity contribution in [1.29, 1.82) is 0 Å². The van der Waals surface area contributed by atoms with E-state index in [1.54, 1.807) is 0 Å². The minimum atomic E-state index is 0.320. The van der Waals surface area contributed by atoms with E-state index in [2.05, 4.69) is 48.0 Å². The first-order valence-electron chi connectivity index (χ1n) is 6.94. The standard InChI is InChI=1S/C13H25N5O/c1-6-8-14-11-15-12(18(5)10(3)4)17-13(16-11)19-9-7-2/h10H,6-9H2,1-5H3,(H,14,15,16,17). The van der Waals surface area contributed by atoms with Crippen molar-refractivity contribution in [3.05, 3.63) is 0 Å². The van der Waals surface area contributed by atoms with Crippen LogP contribution in [-0.4, -0.2) is 41.2 Å². The van der Waals surface area contributed by atoms with Gasteiger partial charge in [-0.05, 0) is 26.7 Å². The zero-order valence-corrected chi connectivity index (χ0v) is 12.6. The lowest BCUT2D eigenvalue weighted by atomic mass is 10.4. The molecule has 1 heterocycles. The summed E-state index contributed by atoms with van der Waals surface area (Å²) in [6, 6.07) is 0.707. The Balaban J connectivity index is 2.94. The van der Waals surface area contributed by atoms with Crippen LogP contribution in [0.5, 0.6) is 6.01 Å². The van der Waals surface area contributed by atoms with E-state index in [0.29, 0.717) is 30.6 Å². The highest BCUT2D eigenvalue weighted by molar-refractivity contribution is 5.38. The van der Waals surface area contributed by atoms with Crippen LogP contribution < -0.4 is 15.0 Å². The normalized spacial score (nSPS) is 10.6. The van der Waals surface area contributed by atoms with E-state index >= 15 is 0 Å². The lowest BCUT2D eigenvalue weighted by Gasteiger charge is -2.22. The molecule has 0 atom stereocenters. The average molecular weight is 267 g/mol. The van der Waals surface area contributed by atoms with Gasteiger partial charge < -0.3 is 15.0 Å². The zero-order chi connectivity index (χ0) is 14.3. The molecule has 0 aliphatic rings. The Bertz CT molecular complexity index is 357. The smallest absolute Gasteiger partial charge is 0.323 e. The Morgan fingerprint density at radius 2 is 1.89 bits per heavy atom. The molecule has 108 valence electrons. The molecule has 0 radical (unpaired) electrons. The van der Waals surface area contributed by atoms with Gasteiger partial charge in [-0.25, -0.2) is 0 Å². The molecule has 0 amide bonds. The van der Waals surface area contributed by atoms with Gasteiger partial charge in [0.05, 0.1) is 6.61 Å². The molecule has 1 aromatic heterocycles. The van der Waals surface area contributed by atoms with Crippen molar-refractivity contribution in [3.8, 4) is 6.01 Å². The number of anilines is 2. The number of nitrogens with one attached hydrogen (secondary N) is 1. The molecule has 0 bridgehead atoms. The maximum Gasteiger partial charge on any atom is 0.323 e. The number of nitrogens with zero attached hydrogens (tertiary/aromatic N) is 4. The molecule has 6 nitrogen and oxygen atoms in total. The van der Waals surface area contributed by atoms with E-state index in [-0.39, 0.29) is 0 Å². The third kappa shape index (κ3) is 4.89. The fraction of sp³-hybridized carbons (Fsp3) is 0.769. The van der Waals surface area contributed by atoms with E-state index in [4.69, 9.17) is 4.74 Å². The molecule has 1 rings (SSSR count). The molecular formula is C13H25N5O. The minimum Gasteiger partial charge on any atom is -0.463 e. The summed E-state index contributed by atoms with van der Waals surface area (Å²) in [6.45, 7) is 9.79. The maximum absolute atomic E-state index is 5.52. The van der Waals surface area contributed by atoms with Crippen LogP contribution in [0.15, 0.2) is 0 Å².